The third-order valence-electron chi connectivity index (χ3n) is 13.4. The number of esters is 3. The Kier molecular flexibility index (Phi) is 52.7. The highest BCUT2D eigenvalue weighted by atomic mass is 16.6. The molecule has 0 aromatic carbocycles. The van der Waals surface area contributed by atoms with Crippen LogP contribution in [0.2, 0.25) is 0 Å². The van der Waals surface area contributed by atoms with Crippen LogP contribution in [0.25, 0.3) is 0 Å². The van der Waals surface area contributed by atoms with Crippen LogP contribution in [0.4, 0.5) is 0 Å². The Morgan fingerprint density at radius 1 is 0.250 bits per heavy atom. The lowest BCUT2D eigenvalue weighted by Gasteiger charge is -2.18. The third kappa shape index (κ3) is 51.4. The average Bonchev–Trinajstić information content (AvgIpc) is 3.29. The van der Waals surface area contributed by atoms with Gasteiger partial charge in [0.2, 0.25) is 0 Å². The quantitative estimate of drug-likeness (QED) is 0.0344. The molecule has 0 spiro atoms. The van der Waals surface area contributed by atoms with Crippen LogP contribution in [-0.2, 0) is 28.6 Å². The minimum absolute atomic E-state index is 0.0626. The van der Waals surface area contributed by atoms with Crippen LogP contribution in [0.1, 0.15) is 335 Å². The SMILES string of the molecule is CCCCCCCCCCCCCCCCCCCCCCCCC(=O)OCC(COC(=O)CCCCCCC)OC(=O)CCCCCCCCCCCCCCCCCCCCC. The van der Waals surface area contributed by atoms with E-state index in [4.69, 9.17) is 14.2 Å². The highest BCUT2D eigenvalue weighted by Crippen LogP contribution is 2.18. The smallest absolute Gasteiger partial charge is 0.306 e. The van der Waals surface area contributed by atoms with E-state index >= 15 is 0 Å². The van der Waals surface area contributed by atoms with Crippen molar-refractivity contribution in [2.45, 2.75) is 341 Å². The highest BCUT2D eigenvalue weighted by Gasteiger charge is 2.19. The minimum Gasteiger partial charge on any atom is -0.462 e. The summed E-state index contributed by atoms with van der Waals surface area (Å²) in [4.78, 5) is 37.8. The van der Waals surface area contributed by atoms with Crippen molar-refractivity contribution < 1.29 is 28.6 Å². The summed E-state index contributed by atoms with van der Waals surface area (Å²) in [6.07, 6.45) is 60.0. The van der Waals surface area contributed by atoms with Gasteiger partial charge in [-0.2, -0.15) is 0 Å². The number of carbonyl (C=O) groups excluding carboxylic acids is 3. The maximum absolute atomic E-state index is 12.8. The van der Waals surface area contributed by atoms with Crippen molar-refractivity contribution in [3.63, 3.8) is 0 Å². The molecule has 0 aliphatic heterocycles. The Labute approximate surface area is 399 Å². The molecule has 1 unspecified atom stereocenters. The zero-order valence-corrected chi connectivity index (χ0v) is 43.6. The summed E-state index contributed by atoms with van der Waals surface area (Å²) in [5, 5.41) is 0. The van der Waals surface area contributed by atoms with E-state index in [0.717, 1.165) is 64.2 Å². The van der Waals surface area contributed by atoms with Crippen molar-refractivity contribution in [3.05, 3.63) is 0 Å². The number of unbranched alkanes of at least 4 members (excludes halogenated alkanes) is 43. The fourth-order valence-corrected chi connectivity index (χ4v) is 8.98. The van der Waals surface area contributed by atoms with Gasteiger partial charge >= 0.3 is 17.9 Å². The topological polar surface area (TPSA) is 78.9 Å². The lowest BCUT2D eigenvalue weighted by Crippen LogP contribution is -2.30. The van der Waals surface area contributed by atoms with Gasteiger partial charge in [0.05, 0.1) is 0 Å². The van der Waals surface area contributed by atoms with Gasteiger partial charge in [0.25, 0.3) is 0 Å². The van der Waals surface area contributed by atoms with Gasteiger partial charge < -0.3 is 14.2 Å². The first kappa shape index (κ1) is 62.4. The molecule has 0 aliphatic carbocycles. The van der Waals surface area contributed by atoms with Gasteiger partial charge in [0.15, 0.2) is 6.10 Å². The monoisotopic (exact) mass is 905 g/mol. The van der Waals surface area contributed by atoms with Crippen molar-refractivity contribution in [1.82, 2.24) is 0 Å². The number of rotatable bonds is 54. The van der Waals surface area contributed by atoms with E-state index in [9.17, 15) is 14.4 Å². The molecule has 0 rings (SSSR count). The molecule has 0 saturated carbocycles. The molecule has 0 aromatic rings. The number of hydrogen-bond donors (Lipinski definition) is 0. The van der Waals surface area contributed by atoms with Crippen molar-refractivity contribution in [2.75, 3.05) is 13.2 Å². The molecule has 0 radical (unpaired) electrons. The van der Waals surface area contributed by atoms with Gasteiger partial charge in [-0.1, -0.05) is 297 Å². The summed E-state index contributed by atoms with van der Waals surface area (Å²) < 4.78 is 16.7. The molecule has 0 aromatic heterocycles. The Balaban J connectivity index is 4.01. The molecular weight excluding hydrogens is 793 g/mol. The van der Waals surface area contributed by atoms with E-state index in [1.807, 2.05) is 0 Å². The maximum atomic E-state index is 12.8. The van der Waals surface area contributed by atoms with Crippen LogP contribution >= 0.6 is 0 Å². The fourth-order valence-electron chi connectivity index (χ4n) is 8.98. The van der Waals surface area contributed by atoms with E-state index in [1.54, 1.807) is 0 Å². The predicted molar refractivity (Wildman–Crippen MR) is 275 cm³/mol. The molecule has 0 N–H and O–H groups in total. The van der Waals surface area contributed by atoms with E-state index in [1.165, 1.54) is 231 Å². The summed E-state index contributed by atoms with van der Waals surface area (Å²) in [7, 11) is 0. The summed E-state index contributed by atoms with van der Waals surface area (Å²) >= 11 is 0. The number of hydrogen-bond acceptors (Lipinski definition) is 6. The van der Waals surface area contributed by atoms with E-state index < -0.39 is 6.10 Å². The van der Waals surface area contributed by atoms with Crippen molar-refractivity contribution in [3.8, 4) is 0 Å². The number of carbonyl (C=O) groups is 3. The first-order valence-corrected chi connectivity index (χ1v) is 29.0. The molecule has 0 bridgehead atoms. The van der Waals surface area contributed by atoms with Crippen LogP contribution in [0.15, 0.2) is 0 Å². The molecule has 0 fully saturated rings. The van der Waals surface area contributed by atoms with E-state index in [2.05, 4.69) is 20.8 Å². The lowest BCUT2D eigenvalue weighted by atomic mass is 10.0. The molecule has 380 valence electrons. The predicted octanol–water partition coefficient (Wildman–Crippen LogP) is 19.2. The second kappa shape index (κ2) is 54.0. The average molecular weight is 906 g/mol. The first-order chi connectivity index (χ1) is 31.5. The molecule has 6 nitrogen and oxygen atoms in total. The Hall–Kier alpha value is -1.59. The molecule has 0 aliphatic rings. The second-order valence-corrected chi connectivity index (χ2v) is 19.9. The normalized spacial score (nSPS) is 11.9. The van der Waals surface area contributed by atoms with E-state index in [-0.39, 0.29) is 31.1 Å². The summed E-state index contributed by atoms with van der Waals surface area (Å²) in [6, 6.07) is 0. The zero-order chi connectivity index (χ0) is 46.5. The molecule has 6 heteroatoms. The molecule has 0 heterocycles. The lowest BCUT2D eigenvalue weighted by molar-refractivity contribution is -0.167. The molecule has 0 saturated heterocycles. The van der Waals surface area contributed by atoms with Crippen LogP contribution in [0.5, 0.6) is 0 Å². The molecule has 0 amide bonds. The van der Waals surface area contributed by atoms with Crippen molar-refractivity contribution in [1.29, 1.82) is 0 Å². The van der Waals surface area contributed by atoms with Gasteiger partial charge in [0, 0.05) is 19.3 Å². The largest absolute Gasteiger partial charge is 0.462 e. The summed E-state index contributed by atoms with van der Waals surface area (Å²) in [6.45, 7) is 6.62. The van der Waals surface area contributed by atoms with Gasteiger partial charge in [-0.25, -0.2) is 0 Å². The number of ether oxygens (including phenoxy) is 3. The van der Waals surface area contributed by atoms with Crippen LogP contribution < -0.4 is 0 Å². The van der Waals surface area contributed by atoms with Gasteiger partial charge in [-0.3, -0.25) is 14.4 Å². The second-order valence-electron chi connectivity index (χ2n) is 19.9. The van der Waals surface area contributed by atoms with Crippen LogP contribution in [0, 0.1) is 0 Å². The Morgan fingerprint density at radius 3 is 0.625 bits per heavy atom. The van der Waals surface area contributed by atoms with Gasteiger partial charge in [-0.15, -0.1) is 0 Å². The summed E-state index contributed by atoms with van der Waals surface area (Å²) in [5.74, 6) is -0.851. The van der Waals surface area contributed by atoms with Gasteiger partial charge in [0.1, 0.15) is 13.2 Å². The molecule has 64 heavy (non-hydrogen) atoms. The summed E-state index contributed by atoms with van der Waals surface area (Å²) in [5.41, 5.74) is 0. The van der Waals surface area contributed by atoms with Gasteiger partial charge in [-0.05, 0) is 19.3 Å². The first-order valence-electron chi connectivity index (χ1n) is 29.0. The Morgan fingerprint density at radius 2 is 0.422 bits per heavy atom. The fraction of sp³-hybridized carbons (Fsp3) is 0.948. The highest BCUT2D eigenvalue weighted by molar-refractivity contribution is 5.71. The molecule has 1 atom stereocenters. The minimum atomic E-state index is -0.759. The molecular formula is C58H112O6. The third-order valence-corrected chi connectivity index (χ3v) is 13.4. The zero-order valence-electron chi connectivity index (χ0n) is 43.6. The standard InChI is InChI=1S/C58H112O6/c1-4-7-10-13-15-17-19-21-23-25-27-28-29-31-32-34-36-38-40-42-45-48-51-57(60)63-54-55(53-62-56(59)50-47-44-12-9-6-3)64-58(61)52-49-46-43-41-39-37-35-33-30-26-24-22-20-18-16-14-11-8-5-2/h55H,4-54H2,1-3H3. The van der Waals surface area contributed by atoms with E-state index in [0.29, 0.717) is 19.3 Å². The van der Waals surface area contributed by atoms with Crippen molar-refractivity contribution >= 4 is 17.9 Å². The maximum Gasteiger partial charge on any atom is 0.306 e. The van der Waals surface area contributed by atoms with Crippen LogP contribution in [-0.4, -0.2) is 37.2 Å². The Bertz CT molecular complexity index is 951. The van der Waals surface area contributed by atoms with Crippen LogP contribution in [0.3, 0.4) is 0 Å². The van der Waals surface area contributed by atoms with Crippen molar-refractivity contribution in [2.24, 2.45) is 0 Å².